The van der Waals surface area contributed by atoms with Crippen molar-refractivity contribution in [2.45, 2.75) is 18.2 Å². The predicted molar refractivity (Wildman–Crippen MR) is 129 cm³/mol. The minimum absolute atomic E-state index is 0.191. The van der Waals surface area contributed by atoms with Gasteiger partial charge in [0.15, 0.2) is 5.82 Å². The minimum Gasteiger partial charge on any atom is -0.291 e. The Labute approximate surface area is 192 Å². The highest BCUT2D eigenvalue weighted by molar-refractivity contribution is 7.92. The molecule has 4 aromatic rings. The smallest absolute Gasteiger partial charge is 0.264 e. The van der Waals surface area contributed by atoms with Crippen molar-refractivity contribution in [3.05, 3.63) is 101 Å². The van der Waals surface area contributed by atoms with E-state index in [1.54, 1.807) is 35.0 Å². The number of aromatic amines is 1. The lowest BCUT2D eigenvalue weighted by molar-refractivity contribution is 0.589. The van der Waals surface area contributed by atoms with Gasteiger partial charge in [-0.2, -0.15) is 5.10 Å². The van der Waals surface area contributed by atoms with Crippen LogP contribution in [0.4, 0.5) is 11.4 Å². The maximum Gasteiger partial charge on any atom is 0.264 e. The summed E-state index contributed by atoms with van der Waals surface area (Å²) in [5.41, 5.74) is 5.71. The van der Waals surface area contributed by atoms with E-state index in [-0.39, 0.29) is 11.4 Å². The first kappa shape index (κ1) is 21.8. The van der Waals surface area contributed by atoms with Crippen LogP contribution in [0.25, 0.3) is 0 Å². The van der Waals surface area contributed by atoms with Crippen LogP contribution >= 0.6 is 12.2 Å². The number of anilines is 2. The molecule has 7 nitrogen and oxygen atoms in total. The molecular formula is C23H23N5O2S2. The van der Waals surface area contributed by atoms with Gasteiger partial charge in [0.1, 0.15) is 0 Å². The van der Waals surface area contributed by atoms with E-state index < -0.39 is 10.0 Å². The van der Waals surface area contributed by atoms with Crippen LogP contribution in [0.2, 0.25) is 0 Å². The van der Waals surface area contributed by atoms with Crippen LogP contribution in [0.15, 0.2) is 89.8 Å². The maximum atomic E-state index is 13.5. The minimum atomic E-state index is -3.76. The summed E-state index contributed by atoms with van der Waals surface area (Å²) in [5.74, 6) is 0.597. The van der Waals surface area contributed by atoms with E-state index in [4.69, 9.17) is 12.2 Å². The number of para-hydroxylation sites is 1. The fourth-order valence-corrected chi connectivity index (χ4v) is 4.96. The van der Waals surface area contributed by atoms with E-state index in [0.29, 0.717) is 22.7 Å². The zero-order valence-electron chi connectivity index (χ0n) is 17.5. The van der Waals surface area contributed by atoms with Crippen LogP contribution < -0.4 is 9.73 Å². The molecule has 0 radical (unpaired) electrons. The molecule has 3 aromatic carbocycles. The molecule has 0 amide bonds. The summed E-state index contributed by atoms with van der Waals surface area (Å²) in [6.07, 6.45) is 0.340. The average molecular weight is 466 g/mol. The molecule has 0 atom stereocenters. The second-order valence-corrected chi connectivity index (χ2v) is 9.48. The van der Waals surface area contributed by atoms with Crippen molar-refractivity contribution in [2.24, 2.45) is 0 Å². The summed E-state index contributed by atoms with van der Waals surface area (Å²) in [7, 11) is -3.76. The van der Waals surface area contributed by atoms with Crippen molar-refractivity contribution >= 4 is 33.6 Å². The molecule has 0 bridgehead atoms. The molecule has 0 aliphatic carbocycles. The van der Waals surface area contributed by atoms with Gasteiger partial charge in [0.2, 0.25) is 4.77 Å². The third-order valence-corrected chi connectivity index (χ3v) is 7.06. The van der Waals surface area contributed by atoms with Gasteiger partial charge in [0.25, 0.3) is 10.0 Å². The van der Waals surface area contributed by atoms with Gasteiger partial charge >= 0.3 is 0 Å². The third-order valence-electron chi connectivity index (χ3n) is 4.95. The highest BCUT2D eigenvalue weighted by Crippen LogP contribution is 2.24. The summed E-state index contributed by atoms with van der Waals surface area (Å²) in [4.78, 5) is 0.238. The Morgan fingerprint density at radius 1 is 0.969 bits per heavy atom. The fourth-order valence-electron chi connectivity index (χ4n) is 3.27. The van der Waals surface area contributed by atoms with Gasteiger partial charge in [-0.3, -0.25) is 14.8 Å². The van der Waals surface area contributed by atoms with Crippen molar-refractivity contribution < 1.29 is 8.42 Å². The van der Waals surface area contributed by atoms with Crippen molar-refractivity contribution in [3.63, 3.8) is 0 Å². The highest BCUT2D eigenvalue weighted by atomic mass is 32.2. The summed E-state index contributed by atoms with van der Waals surface area (Å²) in [5, 5.41) is 7.09. The third kappa shape index (κ3) is 4.74. The lowest BCUT2D eigenvalue weighted by atomic mass is 10.2. The number of H-pyrrole nitrogens is 1. The molecule has 1 aromatic heterocycles. The summed E-state index contributed by atoms with van der Waals surface area (Å²) in [6.45, 7) is 2.16. The molecule has 0 fully saturated rings. The Hall–Kier alpha value is -3.43. The number of hydrogen-bond acceptors (Lipinski definition) is 5. The number of hydrogen-bond donors (Lipinski definition) is 2. The SMILES string of the molecule is Cc1ccc(N(CCc2n[nH]c(=S)n2Nc2ccccc2)S(=O)(=O)c2ccccc2)cc1. The molecule has 2 N–H and O–H groups in total. The number of nitrogens with zero attached hydrogens (tertiary/aromatic N) is 3. The van der Waals surface area contributed by atoms with Gasteiger partial charge in [-0.1, -0.05) is 54.1 Å². The highest BCUT2D eigenvalue weighted by Gasteiger charge is 2.25. The lowest BCUT2D eigenvalue weighted by Crippen LogP contribution is -2.33. The van der Waals surface area contributed by atoms with Gasteiger partial charge in [-0.15, -0.1) is 0 Å². The molecule has 1 heterocycles. The number of aromatic nitrogens is 3. The van der Waals surface area contributed by atoms with Gasteiger partial charge in [-0.05, 0) is 55.5 Å². The van der Waals surface area contributed by atoms with Gasteiger partial charge in [-0.25, -0.2) is 13.1 Å². The fraction of sp³-hybridized carbons (Fsp3) is 0.130. The van der Waals surface area contributed by atoms with Crippen LogP contribution in [0, 0.1) is 11.7 Å². The predicted octanol–water partition coefficient (Wildman–Crippen LogP) is 4.56. The second kappa shape index (κ2) is 9.37. The quantitative estimate of drug-likeness (QED) is 0.373. The van der Waals surface area contributed by atoms with Gasteiger partial charge in [0, 0.05) is 13.0 Å². The van der Waals surface area contributed by atoms with Gasteiger partial charge in [0.05, 0.1) is 16.3 Å². The summed E-state index contributed by atoms with van der Waals surface area (Å²) < 4.78 is 30.4. The molecule has 164 valence electrons. The lowest BCUT2D eigenvalue weighted by Gasteiger charge is -2.24. The zero-order chi connectivity index (χ0) is 22.6. The number of nitrogens with one attached hydrogen (secondary N) is 2. The Bertz CT molecular complexity index is 1330. The van der Waals surface area contributed by atoms with Crippen molar-refractivity contribution in [1.82, 2.24) is 14.9 Å². The van der Waals surface area contributed by atoms with E-state index >= 15 is 0 Å². The molecule has 0 saturated heterocycles. The van der Waals surface area contributed by atoms with Crippen molar-refractivity contribution in [2.75, 3.05) is 16.3 Å². The first-order valence-electron chi connectivity index (χ1n) is 10.1. The van der Waals surface area contributed by atoms with E-state index in [9.17, 15) is 8.42 Å². The largest absolute Gasteiger partial charge is 0.291 e. The van der Waals surface area contributed by atoms with Crippen LogP contribution in [-0.4, -0.2) is 29.8 Å². The van der Waals surface area contributed by atoms with Crippen LogP contribution in [-0.2, 0) is 16.4 Å². The number of aryl methyl sites for hydroxylation is 1. The molecule has 0 aliphatic rings. The summed E-state index contributed by atoms with van der Waals surface area (Å²) >= 11 is 5.36. The Morgan fingerprint density at radius 2 is 1.59 bits per heavy atom. The molecule has 0 unspecified atom stereocenters. The van der Waals surface area contributed by atoms with Gasteiger partial charge < -0.3 is 0 Å². The maximum absolute atomic E-state index is 13.5. The van der Waals surface area contributed by atoms with Crippen LogP contribution in [0.3, 0.4) is 0 Å². The standard InChI is InChI=1S/C23H23N5O2S2/c1-18-12-14-20(15-13-18)27(32(29,30)21-10-6-3-7-11-21)17-16-22-24-25-23(31)28(22)26-19-8-4-2-5-9-19/h2-15,26H,16-17H2,1H3,(H,25,31). The van der Waals surface area contributed by atoms with E-state index in [1.807, 2.05) is 61.5 Å². The molecular weight excluding hydrogens is 442 g/mol. The van der Waals surface area contributed by atoms with E-state index in [0.717, 1.165) is 11.3 Å². The molecule has 0 spiro atoms. The topological polar surface area (TPSA) is 83.0 Å². The Kier molecular flexibility index (Phi) is 6.38. The molecule has 0 saturated carbocycles. The number of rotatable bonds is 8. The first-order chi connectivity index (χ1) is 15.4. The summed E-state index contributed by atoms with van der Waals surface area (Å²) in [6, 6.07) is 25.4. The monoisotopic (exact) mass is 465 g/mol. The molecule has 4 rings (SSSR count). The zero-order valence-corrected chi connectivity index (χ0v) is 19.1. The normalized spacial score (nSPS) is 11.3. The van der Waals surface area contributed by atoms with Crippen molar-refractivity contribution in [3.8, 4) is 0 Å². The second-order valence-electron chi connectivity index (χ2n) is 7.23. The molecule has 9 heteroatoms. The van der Waals surface area contributed by atoms with E-state index in [2.05, 4.69) is 15.6 Å². The average Bonchev–Trinajstić information content (AvgIpc) is 3.15. The van der Waals surface area contributed by atoms with Crippen LogP contribution in [0.1, 0.15) is 11.4 Å². The van der Waals surface area contributed by atoms with Crippen LogP contribution in [0.5, 0.6) is 0 Å². The molecule has 32 heavy (non-hydrogen) atoms. The van der Waals surface area contributed by atoms with E-state index in [1.165, 1.54) is 4.31 Å². The first-order valence-corrected chi connectivity index (χ1v) is 11.9. The Balaban J connectivity index is 1.65. The Morgan fingerprint density at radius 3 is 2.25 bits per heavy atom. The number of benzene rings is 3. The number of sulfonamides is 1. The molecule has 0 aliphatic heterocycles. The van der Waals surface area contributed by atoms with Crippen molar-refractivity contribution in [1.29, 1.82) is 0 Å².